The van der Waals surface area contributed by atoms with Crippen molar-refractivity contribution in [2.24, 2.45) is 0 Å². The van der Waals surface area contributed by atoms with E-state index in [1.54, 1.807) is 0 Å². The van der Waals surface area contributed by atoms with E-state index in [0.29, 0.717) is 0 Å². The largest absolute Gasteiger partial charge is 0.179 e. The van der Waals surface area contributed by atoms with Crippen molar-refractivity contribution in [3.63, 3.8) is 0 Å². The van der Waals surface area contributed by atoms with E-state index in [-0.39, 0.29) is 0 Å². The third kappa shape index (κ3) is 8.26. The fourth-order valence-corrected chi connectivity index (χ4v) is 1.27. The number of benzene rings is 1. The lowest BCUT2D eigenvalue weighted by Gasteiger charge is -1.89. The van der Waals surface area contributed by atoms with Gasteiger partial charge in [0.15, 0.2) is 0 Å². The molecule has 1 rings (SSSR count). The molecule has 0 heterocycles. The van der Waals surface area contributed by atoms with E-state index in [1.165, 1.54) is 18.4 Å². The van der Waals surface area contributed by atoms with Gasteiger partial charge in [-0.05, 0) is 17.7 Å². The summed E-state index contributed by atoms with van der Waals surface area (Å²) in [5.41, 5.74) is 1.27. The standard InChI is InChI=1S/C7H8S.C4H10S/c8-6-7-4-2-1-3-5-7;1-2-3-4-5/h1-5,8H,6H2;5H,2-4H2,1H3. The summed E-state index contributed by atoms with van der Waals surface area (Å²) in [6, 6.07) is 10.2. The van der Waals surface area contributed by atoms with Crippen LogP contribution in [0.5, 0.6) is 0 Å². The second-order valence-electron chi connectivity index (χ2n) is 2.72. The molecule has 0 atom stereocenters. The van der Waals surface area contributed by atoms with E-state index in [4.69, 9.17) is 0 Å². The molecule has 0 N–H and O–H groups in total. The normalized spacial score (nSPS) is 8.85. The molecule has 0 aliphatic heterocycles. The van der Waals surface area contributed by atoms with Crippen LogP contribution in [0.3, 0.4) is 0 Å². The van der Waals surface area contributed by atoms with Gasteiger partial charge < -0.3 is 0 Å². The second kappa shape index (κ2) is 10.0. The van der Waals surface area contributed by atoms with Gasteiger partial charge in [0.2, 0.25) is 0 Å². The van der Waals surface area contributed by atoms with Crippen LogP contribution in [0, 0.1) is 0 Å². The molecule has 1 aromatic carbocycles. The zero-order valence-electron chi connectivity index (χ0n) is 8.11. The van der Waals surface area contributed by atoms with Crippen molar-refractivity contribution in [2.45, 2.75) is 25.5 Å². The molecule has 0 aliphatic rings. The van der Waals surface area contributed by atoms with Crippen molar-refractivity contribution in [3.8, 4) is 0 Å². The first kappa shape index (κ1) is 12.9. The van der Waals surface area contributed by atoms with Gasteiger partial charge in [-0.15, -0.1) is 0 Å². The third-order valence-corrected chi connectivity index (χ3v) is 2.22. The highest BCUT2D eigenvalue weighted by Gasteiger charge is 1.80. The average molecular weight is 214 g/mol. The Balaban J connectivity index is 0.000000252. The number of rotatable bonds is 3. The zero-order chi connectivity index (χ0) is 9.94. The van der Waals surface area contributed by atoms with Gasteiger partial charge in [-0.1, -0.05) is 43.7 Å². The smallest absolute Gasteiger partial charge is 0.0154 e. The summed E-state index contributed by atoms with van der Waals surface area (Å²) in [6.07, 6.45) is 2.52. The van der Waals surface area contributed by atoms with E-state index in [1.807, 2.05) is 18.2 Å². The first-order chi connectivity index (χ1) is 6.35. The predicted octanol–water partition coefficient (Wildman–Crippen LogP) is 3.83. The first-order valence-corrected chi connectivity index (χ1v) is 5.87. The van der Waals surface area contributed by atoms with Crippen molar-refractivity contribution in [1.82, 2.24) is 0 Å². The van der Waals surface area contributed by atoms with Gasteiger partial charge in [-0.2, -0.15) is 25.3 Å². The second-order valence-corrected chi connectivity index (χ2v) is 3.48. The van der Waals surface area contributed by atoms with Crippen LogP contribution in [-0.4, -0.2) is 5.75 Å². The molecule has 0 fully saturated rings. The van der Waals surface area contributed by atoms with Crippen molar-refractivity contribution < 1.29 is 0 Å². The maximum absolute atomic E-state index is 4.11. The molecule has 0 saturated heterocycles. The van der Waals surface area contributed by atoms with Crippen molar-refractivity contribution in [3.05, 3.63) is 35.9 Å². The monoisotopic (exact) mass is 214 g/mol. The van der Waals surface area contributed by atoms with Crippen LogP contribution in [0.25, 0.3) is 0 Å². The van der Waals surface area contributed by atoms with Crippen LogP contribution < -0.4 is 0 Å². The summed E-state index contributed by atoms with van der Waals surface area (Å²) in [5, 5.41) is 0. The Kier molecular flexibility index (Phi) is 9.94. The van der Waals surface area contributed by atoms with E-state index in [2.05, 4.69) is 44.3 Å². The van der Waals surface area contributed by atoms with Crippen molar-refractivity contribution in [1.29, 1.82) is 0 Å². The minimum absolute atomic E-state index is 0.834. The lowest BCUT2D eigenvalue weighted by atomic mass is 10.2. The highest BCUT2D eigenvalue weighted by Crippen LogP contribution is 2.00. The summed E-state index contributed by atoms with van der Waals surface area (Å²) in [7, 11) is 0. The number of unbranched alkanes of at least 4 members (excludes halogenated alkanes) is 1. The molecule has 0 unspecified atom stereocenters. The summed E-state index contributed by atoms with van der Waals surface area (Å²) in [4.78, 5) is 0. The molecule has 74 valence electrons. The number of hydrogen-bond donors (Lipinski definition) is 2. The Morgan fingerprint density at radius 2 is 1.69 bits per heavy atom. The van der Waals surface area contributed by atoms with Gasteiger partial charge in [0.25, 0.3) is 0 Å². The van der Waals surface area contributed by atoms with Crippen LogP contribution in [0.15, 0.2) is 30.3 Å². The van der Waals surface area contributed by atoms with E-state index in [0.717, 1.165) is 11.5 Å². The lowest BCUT2D eigenvalue weighted by molar-refractivity contribution is 0.899. The van der Waals surface area contributed by atoms with Gasteiger partial charge in [-0.3, -0.25) is 0 Å². The lowest BCUT2D eigenvalue weighted by Crippen LogP contribution is -1.71. The molecule has 0 saturated carbocycles. The maximum Gasteiger partial charge on any atom is 0.0154 e. The minimum atomic E-state index is 0.834. The fourth-order valence-electron chi connectivity index (χ4n) is 0.742. The molecule has 13 heavy (non-hydrogen) atoms. The summed E-state index contributed by atoms with van der Waals surface area (Å²) in [5.74, 6) is 1.87. The fraction of sp³-hybridized carbons (Fsp3) is 0.455. The van der Waals surface area contributed by atoms with Crippen LogP contribution >= 0.6 is 25.3 Å². The van der Waals surface area contributed by atoms with E-state index in [9.17, 15) is 0 Å². The summed E-state index contributed by atoms with van der Waals surface area (Å²) >= 11 is 8.11. The summed E-state index contributed by atoms with van der Waals surface area (Å²) in [6.45, 7) is 2.16. The summed E-state index contributed by atoms with van der Waals surface area (Å²) < 4.78 is 0. The molecule has 0 radical (unpaired) electrons. The van der Waals surface area contributed by atoms with E-state index < -0.39 is 0 Å². The molecule has 0 nitrogen and oxygen atoms in total. The SMILES string of the molecule is CCCCS.SCc1ccccc1. The minimum Gasteiger partial charge on any atom is -0.179 e. The van der Waals surface area contributed by atoms with Crippen LogP contribution in [0.4, 0.5) is 0 Å². The molecular weight excluding hydrogens is 196 g/mol. The quantitative estimate of drug-likeness (QED) is 0.702. The predicted molar refractivity (Wildman–Crippen MR) is 67.9 cm³/mol. The van der Waals surface area contributed by atoms with Crippen LogP contribution in [-0.2, 0) is 5.75 Å². The Labute approximate surface area is 92.6 Å². The van der Waals surface area contributed by atoms with Crippen molar-refractivity contribution >= 4 is 25.3 Å². The average Bonchev–Trinajstić information content (AvgIpc) is 2.21. The first-order valence-electron chi connectivity index (χ1n) is 4.60. The molecular formula is C11H18S2. The maximum atomic E-state index is 4.11. The Morgan fingerprint density at radius 3 is 1.92 bits per heavy atom. The molecule has 2 heteroatoms. The molecule has 0 aliphatic carbocycles. The number of thiol groups is 2. The van der Waals surface area contributed by atoms with Gasteiger partial charge >= 0.3 is 0 Å². The third-order valence-electron chi connectivity index (χ3n) is 1.54. The molecule has 0 spiro atoms. The van der Waals surface area contributed by atoms with Gasteiger partial charge in [0.05, 0.1) is 0 Å². The Bertz CT molecular complexity index is 183. The van der Waals surface area contributed by atoms with Crippen molar-refractivity contribution in [2.75, 3.05) is 5.75 Å². The van der Waals surface area contributed by atoms with Gasteiger partial charge in [0, 0.05) is 5.75 Å². The Hall–Kier alpha value is -0.0800. The van der Waals surface area contributed by atoms with Gasteiger partial charge in [0.1, 0.15) is 0 Å². The highest BCUT2D eigenvalue weighted by atomic mass is 32.1. The Morgan fingerprint density at radius 1 is 1.08 bits per heavy atom. The molecule has 0 aromatic heterocycles. The zero-order valence-corrected chi connectivity index (χ0v) is 9.90. The molecule has 0 bridgehead atoms. The highest BCUT2D eigenvalue weighted by molar-refractivity contribution is 7.80. The topological polar surface area (TPSA) is 0 Å². The number of hydrogen-bond acceptors (Lipinski definition) is 2. The van der Waals surface area contributed by atoms with Crippen LogP contribution in [0.2, 0.25) is 0 Å². The van der Waals surface area contributed by atoms with E-state index >= 15 is 0 Å². The van der Waals surface area contributed by atoms with Gasteiger partial charge in [-0.25, -0.2) is 0 Å². The molecule has 0 amide bonds. The molecule has 1 aromatic rings. The van der Waals surface area contributed by atoms with Crippen LogP contribution in [0.1, 0.15) is 25.3 Å².